The maximum Gasteiger partial charge on any atom is 0.272 e. The molecule has 24 heavy (non-hydrogen) atoms. The Balaban J connectivity index is 3.71. The first-order chi connectivity index (χ1) is 11.4. The van der Waals surface area contributed by atoms with E-state index in [2.05, 4.69) is 12.2 Å². The minimum atomic E-state index is -0.881. The average molecular weight is 384 g/mol. The molecule has 146 valence electrons. The summed E-state index contributed by atoms with van der Waals surface area (Å²) in [6.07, 6.45) is 2.82. The van der Waals surface area contributed by atoms with Crippen molar-refractivity contribution < 1.29 is 27.8 Å². The van der Waals surface area contributed by atoms with Gasteiger partial charge in [0, 0.05) is 41.8 Å². The van der Waals surface area contributed by atoms with E-state index in [0.29, 0.717) is 16.4 Å². The van der Waals surface area contributed by atoms with Gasteiger partial charge in [-0.05, 0) is 37.9 Å². The Morgan fingerprint density at radius 1 is 1.08 bits per heavy atom. The van der Waals surface area contributed by atoms with Gasteiger partial charge in [0.05, 0.1) is 0 Å². The highest BCUT2D eigenvalue weighted by Gasteiger charge is 2.28. The molecule has 0 rings (SSSR count). The molecule has 0 radical (unpaired) electrons. The summed E-state index contributed by atoms with van der Waals surface area (Å²) >= 11 is 0. The molecule has 0 bridgehead atoms. The first kappa shape index (κ1) is 24.2. The standard InChI is InChI=1S/C15H37NO6Si2/c1-13(8-9-15(19-5,20-6)21-23)12-16-10-7-11-24-22-14(2,17-3)18-4/h13,16H,7-12,24H2,1-6,23H3. The van der Waals surface area contributed by atoms with Gasteiger partial charge in [0.2, 0.25) is 0 Å². The number of hydrogen-bond acceptors (Lipinski definition) is 7. The highest BCUT2D eigenvalue weighted by molar-refractivity contribution is 6.27. The first-order valence-electron chi connectivity index (χ1n) is 8.51. The molecule has 0 saturated carbocycles. The van der Waals surface area contributed by atoms with Gasteiger partial charge in [-0.3, -0.25) is 0 Å². The highest BCUT2D eigenvalue weighted by atomic mass is 28.2. The topological polar surface area (TPSA) is 67.4 Å². The zero-order chi connectivity index (χ0) is 18.5. The summed E-state index contributed by atoms with van der Waals surface area (Å²) in [6.45, 7) is 5.98. The van der Waals surface area contributed by atoms with Crippen molar-refractivity contribution in [2.75, 3.05) is 41.5 Å². The lowest BCUT2D eigenvalue weighted by Crippen LogP contribution is -2.37. The Morgan fingerprint density at radius 2 is 1.71 bits per heavy atom. The quantitative estimate of drug-likeness (QED) is 0.230. The highest BCUT2D eigenvalue weighted by Crippen LogP contribution is 2.21. The SMILES string of the molecule is COC(C)(OC)O[SiH2]CCCNCC(C)CCC(OC)(OC)O[SiH3]. The Labute approximate surface area is 152 Å². The molecule has 9 heteroatoms. The maximum absolute atomic E-state index is 5.70. The fraction of sp³-hybridized carbons (Fsp3) is 1.00. The van der Waals surface area contributed by atoms with Crippen molar-refractivity contribution in [1.82, 2.24) is 5.32 Å². The molecule has 7 nitrogen and oxygen atoms in total. The van der Waals surface area contributed by atoms with E-state index >= 15 is 0 Å². The molecular weight excluding hydrogens is 346 g/mol. The van der Waals surface area contributed by atoms with Crippen molar-refractivity contribution in [3.63, 3.8) is 0 Å². The van der Waals surface area contributed by atoms with Crippen LogP contribution < -0.4 is 5.32 Å². The summed E-state index contributed by atoms with van der Waals surface area (Å²) in [7, 11) is 6.37. The molecule has 0 aromatic rings. The third-order valence-corrected chi connectivity index (χ3v) is 6.36. The molecule has 0 aliphatic rings. The lowest BCUT2D eigenvalue weighted by molar-refractivity contribution is -0.325. The largest absolute Gasteiger partial charge is 0.380 e. The number of methoxy groups -OCH3 is 4. The van der Waals surface area contributed by atoms with Crippen LogP contribution in [0.15, 0.2) is 0 Å². The minimum Gasteiger partial charge on any atom is -0.380 e. The van der Waals surface area contributed by atoms with Gasteiger partial charge in [0.15, 0.2) is 20.2 Å². The van der Waals surface area contributed by atoms with E-state index in [0.717, 1.165) is 38.4 Å². The van der Waals surface area contributed by atoms with E-state index in [4.69, 9.17) is 27.8 Å². The molecule has 0 heterocycles. The lowest BCUT2D eigenvalue weighted by atomic mass is 10.0. The van der Waals surface area contributed by atoms with E-state index in [1.165, 1.54) is 0 Å². The van der Waals surface area contributed by atoms with Crippen LogP contribution in [0.25, 0.3) is 0 Å². The van der Waals surface area contributed by atoms with Crippen molar-refractivity contribution in [2.24, 2.45) is 5.92 Å². The molecule has 0 aliphatic heterocycles. The Kier molecular flexibility index (Phi) is 13.5. The molecule has 0 saturated heterocycles. The van der Waals surface area contributed by atoms with Crippen LogP contribution >= 0.6 is 0 Å². The Bertz CT molecular complexity index is 295. The molecule has 0 fully saturated rings. The second-order valence-corrected chi connectivity index (χ2v) is 7.78. The summed E-state index contributed by atoms with van der Waals surface area (Å²) in [5.41, 5.74) is 0. The van der Waals surface area contributed by atoms with Crippen LogP contribution in [0.4, 0.5) is 0 Å². The second-order valence-electron chi connectivity index (χ2n) is 5.97. The first-order valence-corrected chi connectivity index (χ1v) is 10.9. The van der Waals surface area contributed by atoms with Crippen LogP contribution in [0, 0.1) is 5.92 Å². The zero-order valence-electron chi connectivity index (χ0n) is 16.5. The number of ether oxygens (including phenoxy) is 4. The van der Waals surface area contributed by atoms with Gasteiger partial charge in [-0.25, -0.2) is 0 Å². The van der Waals surface area contributed by atoms with Crippen molar-refractivity contribution in [3.8, 4) is 0 Å². The predicted octanol–water partition coefficient (Wildman–Crippen LogP) is 0.111. The molecular formula is C15H37NO6Si2. The molecule has 0 aromatic heterocycles. The van der Waals surface area contributed by atoms with Gasteiger partial charge >= 0.3 is 0 Å². The van der Waals surface area contributed by atoms with Crippen molar-refractivity contribution in [2.45, 2.75) is 51.1 Å². The van der Waals surface area contributed by atoms with Crippen LogP contribution in [0.5, 0.6) is 0 Å². The average Bonchev–Trinajstić information content (AvgIpc) is 2.62. The number of nitrogens with one attached hydrogen (secondary N) is 1. The fourth-order valence-corrected chi connectivity index (χ4v) is 3.98. The summed E-state index contributed by atoms with van der Waals surface area (Å²) in [5.74, 6) is -1.21. The van der Waals surface area contributed by atoms with E-state index in [1.54, 1.807) is 35.4 Å². The summed E-state index contributed by atoms with van der Waals surface area (Å²) in [6, 6.07) is 1.09. The monoisotopic (exact) mass is 383 g/mol. The molecule has 1 atom stereocenters. The van der Waals surface area contributed by atoms with Gasteiger partial charge < -0.3 is 33.1 Å². The van der Waals surface area contributed by atoms with Crippen molar-refractivity contribution in [1.29, 1.82) is 0 Å². The zero-order valence-corrected chi connectivity index (χ0v) is 19.9. The van der Waals surface area contributed by atoms with Gasteiger partial charge in [-0.15, -0.1) is 0 Å². The third kappa shape index (κ3) is 9.59. The lowest BCUT2D eigenvalue weighted by Gasteiger charge is -2.30. The smallest absolute Gasteiger partial charge is 0.272 e. The molecule has 0 aliphatic carbocycles. The van der Waals surface area contributed by atoms with Gasteiger partial charge in [-0.2, -0.15) is 0 Å². The number of rotatable bonds is 16. The van der Waals surface area contributed by atoms with Gasteiger partial charge in [0.1, 0.15) is 0 Å². The Hall–Kier alpha value is 0.154. The summed E-state index contributed by atoms with van der Waals surface area (Å²) < 4.78 is 32.2. The van der Waals surface area contributed by atoms with E-state index < -0.39 is 21.7 Å². The van der Waals surface area contributed by atoms with Crippen LogP contribution in [0.2, 0.25) is 6.04 Å². The molecule has 1 unspecified atom stereocenters. The third-order valence-electron chi connectivity index (χ3n) is 4.22. The normalized spacial score (nSPS) is 14.8. The van der Waals surface area contributed by atoms with Crippen molar-refractivity contribution >= 4 is 20.2 Å². The van der Waals surface area contributed by atoms with Crippen LogP contribution in [0.1, 0.15) is 33.1 Å². The van der Waals surface area contributed by atoms with E-state index in [1.807, 2.05) is 0 Å². The molecule has 0 amide bonds. The van der Waals surface area contributed by atoms with Crippen LogP contribution in [-0.4, -0.2) is 73.7 Å². The maximum atomic E-state index is 5.70. The second kappa shape index (κ2) is 13.4. The summed E-state index contributed by atoms with van der Waals surface area (Å²) in [5, 5.41) is 3.49. The molecule has 0 aromatic carbocycles. The van der Waals surface area contributed by atoms with Crippen molar-refractivity contribution in [3.05, 3.63) is 0 Å². The predicted molar refractivity (Wildman–Crippen MR) is 101 cm³/mol. The fourth-order valence-electron chi connectivity index (χ4n) is 2.24. The van der Waals surface area contributed by atoms with E-state index in [9.17, 15) is 0 Å². The van der Waals surface area contributed by atoms with Gasteiger partial charge in [-0.1, -0.05) is 6.92 Å². The Morgan fingerprint density at radius 3 is 2.21 bits per heavy atom. The van der Waals surface area contributed by atoms with Crippen LogP contribution in [-0.2, 0) is 27.8 Å². The minimum absolute atomic E-state index is 0.533. The summed E-state index contributed by atoms with van der Waals surface area (Å²) in [4.78, 5) is 0. The van der Waals surface area contributed by atoms with Gasteiger partial charge in [0.25, 0.3) is 11.9 Å². The van der Waals surface area contributed by atoms with Crippen LogP contribution in [0.3, 0.4) is 0 Å². The molecule has 1 N–H and O–H groups in total. The molecule has 0 spiro atoms. The number of hydrogen-bond donors (Lipinski definition) is 1. The van der Waals surface area contributed by atoms with E-state index in [-0.39, 0.29) is 0 Å².